The molecular formula is C10H18N2O2. The highest BCUT2D eigenvalue weighted by molar-refractivity contribution is 5.97. The van der Waals surface area contributed by atoms with Crippen LogP contribution in [0.2, 0.25) is 0 Å². The van der Waals surface area contributed by atoms with E-state index in [0.717, 1.165) is 30.7 Å². The predicted molar refractivity (Wildman–Crippen MR) is 52.9 cm³/mol. The summed E-state index contributed by atoms with van der Waals surface area (Å²) in [4.78, 5) is 22.6. The molecule has 4 heteroatoms. The number of carbonyl (C=O) groups excluding carboxylic acids is 2. The Balaban J connectivity index is 2.39. The smallest absolute Gasteiger partial charge is 0.246 e. The standard InChI is InChI=1S/C10H18N2O2/c1-2-3-4-5-8-6-7-9(13)12(11)10(8)14/h8H,2-7,11H2,1H3. The highest BCUT2D eigenvalue weighted by Gasteiger charge is 2.31. The molecule has 80 valence electrons. The van der Waals surface area contributed by atoms with Crippen LogP contribution in [0.3, 0.4) is 0 Å². The zero-order valence-electron chi connectivity index (χ0n) is 8.66. The number of nitrogens with two attached hydrogens (primary N) is 1. The zero-order chi connectivity index (χ0) is 10.6. The molecule has 0 saturated carbocycles. The Kier molecular flexibility index (Phi) is 4.07. The van der Waals surface area contributed by atoms with Crippen molar-refractivity contribution in [2.24, 2.45) is 11.8 Å². The van der Waals surface area contributed by atoms with Crippen LogP contribution in [0, 0.1) is 5.92 Å². The first-order valence-electron chi connectivity index (χ1n) is 5.28. The molecule has 1 aliphatic rings. The minimum Gasteiger partial charge on any atom is -0.273 e. The van der Waals surface area contributed by atoms with Crippen LogP contribution in [0.5, 0.6) is 0 Å². The van der Waals surface area contributed by atoms with Crippen LogP contribution in [0.1, 0.15) is 45.4 Å². The number of hydrazine groups is 1. The molecule has 2 N–H and O–H groups in total. The number of piperidine rings is 1. The molecule has 1 aliphatic heterocycles. The fourth-order valence-corrected chi connectivity index (χ4v) is 1.77. The third-order valence-electron chi connectivity index (χ3n) is 2.72. The van der Waals surface area contributed by atoms with Gasteiger partial charge in [-0.25, -0.2) is 10.9 Å². The van der Waals surface area contributed by atoms with Gasteiger partial charge in [0.05, 0.1) is 0 Å². The van der Waals surface area contributed by atoms with E-state index in [1.165, 1.54) is 0 Å². The van der Waals surface area contributed by atoms with Crippen molar-refractivity contribution >= 4 is 11.8 Å². The Morgan fingerprint density at radius 2 is 2.14 bits per heavy atom. The third kappa shape index (κ3) is 2.54. The Labute approximate surface area is 84.4 Å². The SMILES string of the molecule is CCCCCC1CCC(=O)N(N)C1=O. The molecule has 0 aromatic heterocycles. The van der Waals surface area contributed by atoms with E-state index in [1.807, 2.05) is 0 Å². The molecule has 1 unspecified atom stereocenters. The van der Waals surface area contributed by atoms with Gasteiger partial charge in [-0.15, -0.1) is 0 Å². The van der Waals surface area contributed by atoms with Crippen LogP contribution in [0.4, 0.5) is 0 Å². The summed E-state index contributed by atoms with van der Waals surface area (Å²) < 4.78 is 0. The number of amides is 2. The number of hydrogen-bond acceptors (Lipinski definition) is 3. The molecule has 1 fully saturated rings. The summed E-state index contributed by atoms with van der Waals surface area (Å²) in [5, 5.41) is 0.792. The lowest BCUT2D eigenvalue weighted by molar-refractivity contribution is -0.152. The maximum absolute atomic E-state index is 11.5. The molecule has 0 aliphatic carbocycles. The van der Waals surface area contributed by atoms with Crippen molar-refractivity contribution in [1.29, 1.82) is 0 Å². The highest BCUT2D eigenvalue weighted by atomic mass is 16.2. The van der Waals surface area contributed by atoms with E-state index >= 15 is 0 Å². The first-order valence-corrected chi connectivity index (χ1v) is 5.28. The van der Waals surface area contributed by atoms with Gasteiger partial charge in [0.15, 0.2) is 0 Å². The van der Waals surface area contributed by atoms with Crippen molar-refractivity contribution in [2.75, 3.05) is 0 Å². The Morgan fingerprint density at radius 1 is 1.43 bits per heavy atom. The van der Waals surface area contributed by atoms with Crippen molar-refractivity contribution in [3.8, 4) is 0 Å². The minimum atomic E-state index is -0.248. The average molecular weight is 198 g/mol. The largest absolute Gasteiger partial charge is 0.273 e. The Hall–Kier alpha value is -0.900. The Morgan fingerprint density at radius 3 is 2.79 bits per heavy atom. The van der Waals surface area contributed by atoms with E-state index < -0.39 is 0 Å². The zero-order valence-corrected chi connectivity index (χ0v) is 8.66. The lowest BCUT2D eigenvalue weighted by Gasteiger charge is -2.26. The monoisotopic (exact) mass is 198 g/mol. The Bertz CT molecular complexity index is 228. The first kappa shape index (κ1) is 11.2. The number of unbranched alkanes of at least 4 members (excludes halogenated alkanes) is 2. The minimum absolute atomic E-state index is 0.0238. The van der Waals surface area contributed by atoms with Crippen LogP contribution < -0.4 is 5.84 Å². The van der Waals surface area contributed by atoms with Gasteiger partial charge in [-0.05, 0) is 12.8 Å². The maximum atomic E-state index is 11.5. The second kappa shape index (κ2) is 5.10. The van der Waals surface area contributed by atoms with Gasteiger partial charge >= 0.3 is 0 Å². The number of nitrogens with zero attached hydrogens (tertiary/aromatic N) is 1. The summed E-state index contributed by atoms with van der Waals surface area (Å²) >= 11 is 0. The van der Waals surface area contributed by atoms with Crippen LogP contribution in [0.25, 0.3) is 0 Å². The lowest BCUT2D eigenvalue weighted by atomic mass is 9.92. The highest BCUT2D eigenvalue weighted by Crippen LogP contribution is 2.22. The van der Waals surface area contributed by atoms with Crippen LogP contribution in [0.15, 0.2) is 0 Å². The molecule has 0 aromatic rings. The first-order chi connectivity index (χ1) is 6.66. The fraction of sp³-hybridized carbons (Fsp3) is 0.800. The van der Waals surface area contributed by atoms with Gasteiger partial charge < -0.3 is 0 Å². The van der Waals surface area contributed by atoms with E-state index in [-0.39, 0.29) is 17.7 Å². The van der Waals surface area contributed by atoms with Crippen LogP contribution >= 0.6 is 0 Å². The number of imide groups is 1. The van der Waals surface area contributed by atoms with Gasteiger partial charge in [-0.2, -0.15) is 0 Å². The van der Waals surface area contributed by atoms with Crippen molar-refractivity contribution < 1.29 is 9.59 Å². The molecule has 14 heavy (non-hydrogen) atoms. The topological polar surface area (TPSA) is 63.4 Å². The fourth-order valence-electron chi connectivity index (χ4n) is 1.77. The van der Waals surface area contributed by atoms with Gasteiger partial charge in [0.1, 0.15) is 0 Å². The van der Waals surface area contributed by atoms with Gasteiger partial charge in [0.2, 0.25) is 11.8 Å². The molecule has 4 nitrogen and oxygen atoms in total. The van der Waals surface area contributed by atoms with Crippen LogP contribution in [-0.4, -0.2) is 16.8 Å². The van der Waals surface area contributed by atoms with Crippen molar-refractivity contribution in [3.63, 3.8) is 0 Å². The molecule has 1 heterocycles. The molecule has 2 amide bonds. The maximum Gasteiger partial charge on any atom is 0.246 e. The second-order valence-corrected chi connectivity index (χ2v) is 3.83. The average Bonchev–Trinajstić information content (AvgIpc) is 2.18. The van der Waals surface area contributed by atoms with Gasteiger partial charge in [0, 0.05) is 12.3 Å². The second-order valence-electron chi connectivity index (χ2n) is 3.83. The van der Waals surface area contributed by atoms with Crippen molar-refractivity contribution in [1.82, 2.24) is 5.01 Å². The predicted octanol–water partition coefficient (Wildman–Crippen LogP) is 1.21. The van der Waals surface area contributed by atoms with Crippen LogP contribution in [-0.2, 0) is 9.59 Å². The molecule has 0 aromatic carbocycles. The summed E-state index contributed by atoms with van der Waals surface area (Å²) in [5.41, 5.74) is 0. The summed E-state index contributed by atoms with van der Waals surface area (Å²) in [6.07, 6.45) is 5.30. The molecule has 0 radical (unpaired) electrons. The van der Waals surface area contributed by atoms with E-state index in [1.54, 1.807) is 0 Å². The van der Waals surface area contributed by atoms with E-state index in [4.69, 9.17) is 5.84 Å². The van der Waals surface area contributed by atoms with E-state index in [0.29, 0.717) is 12.8 Å². The summed E-state index contributed by atoms with van der Waals surface area (Å²) in [5.74, 6) is 4.88. The van der Waals surface area contributed by atoms with Gasteiger partial charge in [0.25, 0.3) is 0 Å². The summed E-state index contributed by atoms with van der Waals surface area (Å²) in [7, 11) is 0. The normalized spacial score (nSPS) is 23.0. The van der Waals surface area contributed by atoms with Gasteiger partial charge in [-0.3, -0.25) is 9.59 Å². The van der Waals surface area contributed by atoms with E-state index in [9.17, 15) is 9.59 Å². The summed E-state index contributed by atoms with van der Waals surface area (Å²) in [6.45, 7) is 2.13. The molecule has 0 bridgehead atoms. The number of hydrogen-bond donors (Lipinski definition) is 1. The van der Waals surface area contributed by atoms with E-state index in [2.05, 4.69) is 6.92 Å². The molecule has 1 rings (SSSR count). The number of rotatable bonds is 4. The molecular weight excluding hydrogens is 180 g/mol. The molecule has 1 atom stereocenters. The van der Waals surface area contributed by atoms with Gasteiger partial charge in [-0.1, -0.05) is 26.2 Å². The summed E-state index contributed by atoms with van der Waals surface area (Å²) in [6, 6.07) is 0. The third-order valence-corrected chi connectivity index (χ3v) is 2.72. The quantitative estimate of drug-likeness (QED) is 0.319. The molecule has 0 spiro atoms. The van der Waals surface area contributed by atoms with Crippen molar-refractivity contribution in [3.05, 3.63) is 0 Å². The van der Waals surface area contributed by atoms with Crippen molar-refractivity contribution in [2.45, 2.75) is 45.4 Å². The molecule has 1 saturated heterocycles. The number of carbonyl (C=O) groups is 2. The lowest BCUT2D eigenvalue weighted by Crippen LogP contribution is -2.49.